The number of ether oxygens (including phenoxy) is 1. The van der Waals surface area contributed by atoms with E-state index in [0.29, 0.717) is 51.1 Å². The van der Waals surface area contributed by atoms with E-state index in [1.54, 1.807) is 32.4 Å². The van der Waals surface area contributed by atoms with Crippen LogP contribution in [0.2, 0.25) is 23.2 Å². The first-order chi connectivity index (χ1) is 22.1. The lowest BCUT2D eigenvalue weighted by atomic mass is 10.1. The first kappa shape index (κ1) is 34.4. The van der Waals surface area contributed by atoms with Crippen LogP contribution in [0, 0.1) is 12.7 Å². The Labute approximate surface area is 283 Å². The van der Waals surface area contributed by atoms with Crippen LogP contribution in [0.5, 0.6) is 11.5 Å². The van der Waals surface area contributed by atoms with Crippen molar-refractivity contribution >= 4 is 52.1 Å². The van der Waals surface area contributed by atoms with Crippen LogP contribution >= 0.6 is 22.9 Å². The van der Waals surface area contributed by atoms with E-state index < -0.39 is 24.2 Å². The van der Waals surface area contributed by atoms with Gasteiger partial charge in [0.15, 0.2) is 21.7 Å². The fourth-order valence-corrected chi connectivity index (χ4v) is 8.03. The molecule has 3 aromatic heterocycles. The van der Waals surface area contributed by atoms with Crippen molar-refractivity contribution in [1.29, 1.82) is 0 Å². The largest absolute Gasteiger partial charge is 0.541 e. The standard InChI is InChI=1S/C32H36ClFN6O4S2Si/c1-19-15-22(35-17-21-9-8-10-26(43-5)28(21)44-47(6,7)32(2,3)4)18-36-30(19)46(41,42)40-31-38-27(20-11-12-24(34)23(33)16-20)29(45-31)25-13-14-37-39-25/h8-16,18,35H,17H2,1-7H3,(H,37,39)(H,38,40). The summed E-state index contributed by atoms with van der Waals surface area (Å²) in [5.41, 5.74) is 3.42. The van der Waals surface area contributed by atoms with Gasteiger partial charge in [-0.1, -0.05) is 55.8 Å². The number of hydrogen-bond donors (Lipinski definition) is 3. The second-order valence-electron chi connectivity index (χ2n) is 12.4. The second kappa shape index (κ2) is 13.3. The average Bonchev–Trinajstić information content (AvgIpc) is 3.67. The Bertz CT molecular complexity index is 2010. The molecule has 0 fully saturated rings. The van der Waals surface area contributed by atoms with Crippen molar-refractivity contribution in [3.63, 3.8) is 0 Å². The molecule has 2 aromatic carbocycles. The molecule has 0 radical (unpaired) electrons. The Balaban J connectivity index is 1.38. The third-order valence-electron chi connectivity index (χ3n) is 7.99. The van der Waals surface area contributed by atoms with E-state index in [9.17, 15) is 12.8 Å². The molecule has 0 spiro atoms. The Hall–Kier alpha value is -3.98. The molecular weight excluding hydrogens is 679 g/mol. The number of H-pyrrole nitrogens is 1. The van der Waals surface area contributed by atoms with Gasteiger partial charge < -0.3 is 14.5 Å². The maximum absolute atomic E-state index is 13.9. The van der Waals surface area contributed by atoms with E-state index in [4.69, 9.17) is 20.8 Å². The Morgan fingerprint density at radius 3 is 2.53 bits per heavy atom. The minimum absolute atomic E-state index is 0.00961. The van der Waals surface area contributed by atoms with Crippen molar-refractivity contribution in [1.82, 2.24) is 20.2 Å². The van der Waals surface area contributed by atoms with Crippen LogP contribution in [0.1, 0.15) is 31.9 Å². The van der Waals surface area contributed by atoms with E-state index in [2.05, 4.69) is 64.1 Å². The number of aromatic amines is 1. The summed E-state index contributed by atoms with van der Waals surface area (Å²) in [5.74, 6) is 0.775. The van der Waals surface area contributed by atoms with Crippen molar-refractivity contribution in [2.24, 2.45) is 0 Å². The molecule has 5 aromatic rings. The molecule has 0 aliphatic rings. The number of aromatic nitrogens is 4. The summed E-state index contributed by atoms with van der Waals surface area (Å²) >= 11 is 7.12. The first-order valence-corrected chi connectivity index (χ1v) is 20.2. The molecule has 5 rings (SSSR count). The van der Waals surface area contributed by atoms with Gasteiger partial charge >= 0.3 is 0 Å². The third kappa shape index (κ3) is 7.45. The van der Waals surface area contributed by atoms with Crippen LogP contribution in [-0.4, -0.2) is 44.0 Å². The molecule has 3 heterocycles. The zero-order valence-corrected chi connectivity index (χ0v) is 30.4. The number of benzene rings is 2. The second-order valence-corrected chi connectivity index (χ2v) is 20.1. The highest BCUT2D eigenvalue weighted by Crippen LogP contribution is 2.42. The summed E-state index contributed by atoms with van der Waals surface area (Å²) < 4.78 is 55.8. The number of methoxy groups -OCH3 is 1. The number of halogens is 2. The third-order valence-corrected chi connectivity index (χ3v) is 15.1. The highest BCUT2D eigenvalue weighted by atomic mass is 35.5. The number of anilines is 2. The highest BCUT2D eigenvalue weighted by molar-refractivity contribution is 7.92. The molecule has 0 atom stereocenters. The molecule has 0 amide bonds. The minimum atomic E-state index is -4.13. The summed E-state index contributed by atoms with van der Waals surface area (Å²) in [6.07, 6.45) is 3.11. The zero-order valence-electron chi connectivity index (χ0n) is 27.0. The van der Waals surface area contributed by atoms with Crippen molar-refractivity contribution in [2.45, 2.75) is 57.4 Å². The molecule has 0 saturated carbocycles. The van der Waals surface area contributed by atoms with Crippen molar-refractivity contribution in [3.8, 4) is 33.3 Å². The number of sulfonamides is 1. The summed E-state index contributed by atoms with van der Waals surface area (Å²) in [4.78, 5) is 9.40. The predicted octanol–water partition coefficient (Wildman–Crippen LogP) is 8.50. The molecule has 47 heavy (non-hydrogen) atoms. The Kier molecular flexibility index (Phi) is 9.69. The number of para-hydroxylation sites is 1. The Morgan fingerprint density at radius 1 is 1.13 bits per heavy atom. The monoisotopic (exact) mass is 714 g/mol. The number of pyridine rings is 1. The van der Waals surface area contributed by atoms with Crippen molar-refractivity contribution < 1.29 is 22.0 Å². The molecular formula is C32H36ClFN6O4S2Si. The smallest absolute Gasteiger partial charge is 0.281 e. The van der Waals surface area contributed by atoms with Crippen LogP contribution in [0.15, 0.2) is 66.0 Å². The first-order valence-electron chi connectivity index (χ1n) is 14.6. The molecule has 248 valence electrons. The molecule has 0 bridgehead atoms. The minimum Gasteiger partial charge on any atom is -0.541 e. The van der Waals surface area contributed by atoms with Gasteiger partial charge in [0.05, 0.1) is 34.6 Å². The summed E-state index contributed by atoms with van der Waals surface area (Å²) in [7, 11) is -4.68. The normalized spacial score (nSPS) is 12.2. The number of hydrogen-bond acceptors (Lipinski definition) is 9. The number of rotatable bonds is 11. The average molecular weight is 715 g/mol. The molecule has 3 N–H and O–H groups in total. The Morgan fingerprint density at radius 2 is 1.89 bits per heavy atom. The maximum atomic E-state index is 13.9. The lowest BCUT2D eigenvalue weighted by Crippen LogP contribution is -2.44. The van der Waals surface area contributed by atoms with Gasteiger partial charge in [-0.2, -0.15) is 13.5 Å². The molecule has 0 saturated heterocycles. The van der Waals surface area contributed by atoms with Gasteiger partial charge in [0.2, 0.25) is 0 Å². The van der Waals surface area contributed by atoms with Crippen LogP contribution in [0.25, 0.3) is 21.8 Å². The van der Waals surface area contributed by atoms with Crippen LogP contribution in [-0.2, 0) is 16.6 Å². The topological polar surface area (TPSA) is 131 Å². The molecule has 0 unspecified atom stereocenters. The van der Waals surface area contributed by atoms with E-state index in [-0.39, 0.29) is 20.2 Å². The van der Waals surface area contributed by atoms with Crippen molar-refractivity contribution in [3.05, 3.63) is 82.9 Å². The molecule has 0 aliphatic carbocycles. The SMILES string of the molecule is COc1cccc(CNc2cnc(S(=O)(=O)Nc3nc(-c4ccc(F)c(Cl)c4)c(-c4cc[nH]n4)s3)c(C)c2)c1O[Si](C)(C)C(C)(C)C. The summed E-state index contributed by atoms with van der Waals surface area (Å²) in [6.45, 7) is 13.0. The lowest BCUT2D eigenvalue weighted by molar-refractivity contribution is 0.384. The fourth-order valence-electron chi connectivity index (χ4n) is 4.45. The van der Waals surface area contributed by atoms with Gasteiger partial charge in [-0.05, 0) is 67.0 Å². The number of aryl methyl sites for hydroxylation is 1. The molecule has 15 heteroatoms. The lowest BCUT2D eigenvalue weighted by Gasteiger charge is -2.37. The predicted molar refractivity (Wildman–Crippen MR) is 188 cm³/mol. The highest BCUT2D eigenvalue weighted by Gasteiger charge is 2.40. The van der Waals surface area contributed by atoms with E-state index in [1.165, 1.54) is 24.4 Å². The van der Waals surface area contributed by atoms with Gasteiger partial charge in [-0.15, -0.1) is 0 Å². The zero-order chi connectivity index (χ0) is 34.1. The van der Waals surface area contributed by atoms with Gasteiger partial charge in [-0.25, -0.2) is 14.4 Å². The summed E-state index contributed by atoms with van der Waals surface area (Å²) in [5, 5.41) is 10.2. The van der Waals surface area contributed by atoms with Crippen LogP contribution in [0.3, 0.4) is 0 Å². The quantitative estimate of drug-likeness (QED) is 0.116. The molecule has 0 aliphatic heterocycles. The van der Waals surface area contributed by atoms with E-state index in [0.717, 1.165) is 16.9 Å². The van der Waals surface area contributed by atoms with Gasteiger partial charge in [0, 0.05) is 23.9 Å². The van der Waals surface area contributed by atoms with Crippen molar-refractivity contribution in [2.75, 3.05) is 17.1 Å². The molecule has 10 nitrogen and oxygen atoms in total. The van der Waals surface area contributed by atoms with Crippen LogP contribution < -0.4 is 19.2 Å². The van der Waals surface area contributed by atoms with Gasteiger partial charge in [0.25, 0.3) is 18.3 Å². The van der Waals surface area contributed by atoms with E-state index in [1.807, 2.05) is 18.2 Å². The van der Waals surface area contributed by atoms with Gasteiger partial charge in [-0.3, -0.25) is 9.82 Å². The number of thiazole rings is 1. The maximum Gasteiger partial charge on any atom is 0.281 e. The fraction of sp³-hybridized carbons (Fsp3) is 0.281. The number of nitrogens with zero attached hydrogens (tertiary/aromatic N) is 3. The van der Waals surface area contributed by atoms with Gasteiger partial charge in [0.1, 0.15) is 11.5 Å². The summed E-state index contributed by atoms with van der Waals surface area (Å²) in [6, 6.07) is 13.4. The number of nitrogens with one attached hydrogen (secondary N) is 3. The van der Waals surface area contributed by atoms with Crippen LogP contribution in [0.4, 0.5) is 15.2 Å². The van der Waals surface area contributed by atoms with E-state index >= 15 is 0 Å².